The van der Waals surface area contributed by atoms with Crippen LogP contribution in [0.1, 0.15) is 17.2 Å². The molecule has 0 radical (unpaired) electrons. The molecule has 3 nitrogen and oxygen atoms in total. The number of aromatic nitrogens is 2. The number of rotatable bonds is 5. The van der Waals surface area contributed by atoms with E-state index < -0.39 is 0 Å². The van der Waals surface area contributed by atoms with Crippen molar-refractivity contribution in [3.05, 3.63) is 102 Å². The first-order valence-electron chi connectivity index (χ1n) is 8.03. The van der Waals surface area contributed by atoms with Crippen molar-refractivity contribution in [1.29, 1.82) is 0 Å². The standard InChI is InChI=1S/C21H16N2OS/c1-3-8-16(9-4-1)20(17-10-5-2-6-11-17)24-21-19(22-13-14-23-21)18-12-7-15-25-18/h1-15,20H. The first-order chi connectivity index (χ1) is 12.4. The van der Waals surface area contributed by atoms with Crippen LogP contribution in [0.3, 0.4) is 0 Å². The maximum absolute atomic E-state index is 6.37. The zero-order valence-electron chi connectivity index (χ0n) is 13.4. The topological polar surface area (TPSA) is 35.0 Å². The van der Waals surface area contributed by atoms with E-state index >= 15 is 0 Å². The molecule has 25 heavy (non-hydrogen) atoms. The number of ether oxygens (including phenoxy) is 1. The van der Waals surface area contributed by atoms with Gasteiger partial charge in [-0.15, -0.1) is 11.3 Å². The van der Waals surface area contributed by atoms with Gasteiger partial charge in [-0.1, -0.05) is 66.7 Å². The molecular formula is C21H16N2OS. The zero-order valence-corrected chi connectivity index (χ0v) is 14.3. The average molecular weight is 344 g/mol. The quantitative estimate of drug-likeness (QED) is 0.488. The summed E-state index contributed by atoms with van der Waals surface area (Å²) in [6.07, 6.45) is 3.12. The van der Waals surface area contributed by atoms with Gasteiger partial charge in [0.2, 0.25) is 5.88 Å². The van der Waals surface area contributed by atoms with Crippen LogP contribution in [0.25, 0.3) is 10.6 Å². The molecule has 2 aromatic carbocycles. The molecule has 4 rings (SSSR count). The molecule has 0 saturated carbocycles. The molecule has 0 unspecified atom stereocenters. The Morgan fingerprint density at radius 2 is 1.36 bits per heavy atom. The number of nitrogens with zero attached hydrogens (tertiary/aromatic N) is 2. The lowest BCUT2D eigenvalue weighted by Gasteiger charge is -2.20. The molecule has 4 aromatic rings. The highest BCUT2D eigenvalue weighted by Crippen LogP contribution is 2.34. The van der Waals surface area contributed by atoms with Crippen molar-refractivity contribution in [3.63, 3.8) is 0 Å². The predicted octanol–water partition coefficient (Wildman–Crippen LogP) is 5.37. The lowest BCUT2D eigenvalue weighted by molar-refractivity contribution is 0.237. The van der Waals surface area contributed by atoms with Crippen molar-refractivity contribution in [2.45, 2.75) is 6.10 Å². The third kappa shape index (κ3) is 3.44. The number of hydrogen-bond donors (Lipinski definition) is 0. The molecule has 0 atom stereocenters. The first kappa shape index (κ1) is 15.5. The second-order valence-corrected chi connectivity index (χ2v) is 6.45. The minimum absolute atomic E-state index is 0.238. The van der Waals surface area contributed by atoms with E-state index in [9.17, 15) is 0 Å². The average Bonchev–Trinajstić information content (AvgIpc) is 3.22. The summed E-state index contributed by atoms with van der Waals surface area (Å²) in [7, 11) is 0. The summed E-state index contributed by atoms with van der Waals surface area (Å²) in [4.78, 5) is 9.98. The molecule has 0 bridgehead atoms. The third-order valence-corrected chi connectivity index (χ3v) is 4.73. The van der Waals surface area contributed by atoms with E-state index in [2.05, 4.69) is 34.2 Å². The number of benzene rings is 2. The molecule has 2 heterocycles. The van der Waals surface area contributed by atoms with Crippen molar-refractivity contribution in [3.8, 4) is 16.5 Å². The van der Waals surface area contributed by atoms with Gasteiger partial charge in [-0.25, -0.2) is 9.97 Å². The Labute approximate surface area is 150 Å². The van der Waals surface area contributed by atoms with Crippen molar-refractivity contribution < 1.29 is 4.74 Å². The summed E-state index contributed by atoms with van der Waals surface area (Å²) in [6.45, 7) is 0. The van der Waals surface area contributed by atoms with Gasteiger partial charge in [0.05, 0.1) is 4.88 Å². The van der Waals surface area contributed by atoms with Gasteiger partial charge < -0.3 is 4.74 Å². The molecule has 0 fully saturated rings. The molecule has 0 aliphatic rings. The van der Waals surface area contributed by atoms with Crippen molar-refractivity contribution in [2.75, 3.05) is 0 Å². The summed E-state index contributed by atoms with van der Waals surface area (Å²) in [5.74, 6) is 0.544. The molecule has 2 aromatic heterocycles. The molecular weight excluding hydrogens is 328 g/mol. The Balaban J connectivity index is 1.76. The summed E-state index contributed by atoms with van der Waals surface area (Å²) >= 11 is 1.63. The van der Waals surface area contributed by atoms with E-state index in [0.29, 0.717) is 5.88 Å². The number of hydrogen-bond acceptors (Lipinski definition) is 4. The Kier molecular flexibility index (Phi) is 4.53. The fourth-order valence-electron chi connectivity index (χ4n) is 2.69. The minimum atomic E-state index is -0.238. The van der Waals surface area contributed by atoms with Crippen LogP contribution in [0.4, 0.5) is 0 Å². The van der Waals surface area contributed by atoms with Crippen LogP contribution in [-0.2, 0) is 0 Å². The minimum Gasteiger partial charge on any atom is -0.463 e. The Morgan fingerprint density at radius 1 is 0.720 bits per heavy atom. The largest absolute Gasteiger partial charge is 0.463 e. The van der Waals surface area contributed by atoms with Gasteiger partial charge in [0, 0.05) is 12.4 Å². The summed E-state index contributed by atoms with van der Waals surface area (Å²) in [6, 6.07) is 24.4. The van der Waals surface area contributed by atoms with Crippen LogP contribution < -0.4 is 4.74 Å². The molecule has 0 aliphatic carbocycles. The van der Waals surface area contributed by atoms with Gasteiger partial charge >= 0.3 is 0 Å². The van der Waals surface area contributed by atoms with Gasteiger partial charge in [0.1, 0.15) is 5.69 Å². The normalized spacial score (nSPS) is 10.8. The smallest absolute Gasteiger partial charge is 0.242 e. The van der Waals surface area contributed by atoms with Gasteiger partial charge in [-0.3, -0.25) is 0 Å². The summed E-state index contributed by atoms with van der Waals surface area (Å²) < 4.78 is 6.37. The summed E-state index contributed by atoms with van der Waals surface area (Å²) in [5, 5.41) is 2.03. The van der Waals surface area contributed by atoms with Crippen molar-refractivity contribution in [2.24, 2.45) is 0 Å². The van der Waals surface area contributed by atoms with Crippen molar-refractivity contribution >= 4 is 11.3 Å². The SMILES string of the molecule is c1ccc(C(Oc2nccnc2-c2cccs2)c2ccccc2)cc1. The van der Waals surface area contributed by atoms with E-state index in [-0.39, 0.29) is 6.10 Å². The second kappa shape index (κ2) is 7.28. The number of thiophene rings is 1. The maximum Gasteiger partial charge on any atom is 0.242 e. The highest BCUT2D eigenvalue weighted by atomic mass is 32.1. The Bertz CT molecular complexity index is 885. The van der Waals surface area contributed by atoms with Gasteiger partial charge in [0.25, 0.3) is 0 Å². The van der Waals surface area contributed by atoms with E-state index in [1.54, 1.807) is 23.7 Å². The summed E-state index contributed by atoms with van der Waals surface area (Å²) in [5.41, 5.74) is 2.93. The first-order valence-corrected chi connectivity index (χ1v) is 8.91. The Hall–Kier alpha value is -2.98. The molecule has 0 amide bonds. The molecule has 0 N–H and O–H groups in total. The fourth-order valence-corrected chi connectivity index (χ4v) is 3.40. The Morgan fingerprint density at radius 3 is 1.96 bits per heavy atom. The molecule has 0 spiro atoms. The molecule has 122 valence electrons. The van der Waals surface area contributed by atoms with Crippen LogP contribution in [-0.4, -0.2) is 9.97 Å². The second-order valence-electron chi connectivity index (χ2n) is 5.51. The van der Waals surface area contributed by atoms with E-state index in [1.807, 2.05) is 53.9 Å². The van der Waals surface area contributed by atoms with Gasteiger partial charge in [-0.2, -0.15) is 0 Å². The van der Waals surface area contributed by atoms with Crippen LogP contribution in [0.15, 0.2) is 90.6 Å². The van der Waals surface area contributed by atoms with E-state index in [4.69, 9.17) is 4.74 Å². The van der Waals surface area contributed by atoms with Crippen LogP contribution >= 0.6 is 11.3 Å². The highest BCUT2D eigenvalue weighted by molar-refractivity contribution is 7.13. The lowest BCUT2D eigenvalue weighted by Crippen LogP contribution is -2.11. The van der Waals surface area contributed by atoms with Crippen LogP contribution in [0.2, 0.25) is 0 Å². The maximum atomic E-state index is 6.37. The lowest BCUT2D eigenvalue weighted by atomic mass is 10.0. The van der Waals surface area contributed by atoms with Gasteiger partial charge in [0.15, 0.2) is 6.10 Å². The zero-order chi connectivity index (χ0) is 16.9. The van der Waals surface area contributed by atoms with Gasteiger partial charge in [-0.05, 0) is 22.6 Å². The fraction of sp³-hybridized carbons (Fsp3) is 0.0476. The molecule has 0 aliphatic heterocycles. The molecule has 0 saturated heterocycles. The van der Waals surface area contributed by atoms with E-state index in [1.165, 1.54) is 0 Å². The molecule has 4 heteroatoms. The van der Waals surface area contributed by atoms with Crippen LogP contribution in [0.5, 0.6) is 5.88 Å². The van der Waals surface area contributed by atoms with Crippen molar-refractivity contribution in [1.82, 2.24) is 9.97 Å². The monoisotopic (exact) mass is 344 g/mol. The van der Waals surface area contributed by atoms with E-state index in [0.717, 1.165) is 21.7 Å². The predicted molar refractivity (Wildman–Crippen MR) is 101 cm³/mol. The highest BCUT2D eigenvalue weighted by Gasteiger charge is 2.19. The van der Waals surface area contributed by atoms with Crippen LogP contribution in [0, 0.1) is 0 Å². The third-order valence-electron chi connectivity index (χ3n) is 3.85.